The highest BCUT2D eigenvalue weighted by Gasteiger charge is 2.32. The third kappa shape index (κ3) is 9.31. The Labute approximate surface area is 261 Å². The summed E-state index contributed by atoms with van der Waals surface area (Å²) in [6, 6.07) is 23.7. The van der Waals surface area contributed by atoms with Crippen molar-refractivity contribution >= 4 is 39.1 Å². The van der Waals surface area contributed by atoms with Gasteiger partial charge in [0.25, 0.3) is 0 Å². The third-order valence-corrected chi connectivity index (χ3v) is 9.61. The van der Waals surface area contributed by atoms with Crippen molar-refractivity contribution in [2.24, 2.45) is 0 Å². The first-order valence-electron chi connectivity index (χ1n) is 15.0. The van der Waals surface area contributed by atoms with Gasteiger partial charge in [0.05, 0.1) is 11.9 Å². The molecule has 2 amide bonds. The highest BCUT2D eigenvalue weighted by molar-refractivity contribution is 7.92. The van der Waals surface area contributed by atoms with Gasteiger partial charge in [0.15, 0.2) is 0 Å². The molecule has 1 aliphatic carbocycles. The predicted octanol–water partition coefficient (Wildman–Crippen LogP) is 6.28. The number of nitrogens with zero attached hydrogens (tertiary/aromatic N) is 2. The first kappa shape index (κ1) is 32.6. The number of sulfonamides is 1. The summed E-state index contributed by atoms with van der Waals surface area (Å²) >= 11 is 6.54. The summed E-state index contributed by atoms with van der Waals surface area (Å²) in [5.41, 5.74) is 3.13. The lowest BCUT2D eigenvalue weighted by Gasteiger charge is -2.34. The number of hydrogen-bond acceptors (Lipinski definition) is 4. The van der Waals surface area contributed by atoms with Crippen LogP contribution in [0.25, 0.3) is 0 Å². The molecule has 7 nitrogen and oxygen atoms in total. The van der Waals surface area contributed by atoms with Crippen LogP contribution in [0, 0.1) is 6.92 Å². The van der Waals surface area contributed by atoms with Gasteiger partial charge in [-0.05, 0) is 55.0 Å². The summed E-state index contributed by atoms with van der Waals surface area (Å²) in [6.07, 6.45) is 7.09. The van der Waals surface area contributed by atoms with Gasteiger partial charge in [-0.2, -0.15) is 0 Å². The molecule has 9 heteroatoms. The van der Waals surface area contributed by atoms with Crippen LogP contribution in [0.1, 0.15) is 61.6 Å². The number of amides is 2. The second-order valence-corrected chi connectivity index (χ2v) is 13.7. The van der Waals surface area contributed by atoms with Crippen LogP contribution in [0.4, 0.5) is 5.69 Å². The highest BCUT2D eigenvalue weighted by Crippen LogP contribution is 2.25. The molecule has 3 aromatic carbocycles. The van der Waals surface area contributed by atoms with Gasteiger partial charge in [-0.3, -0.25) is 13.9 Å². The Morgan fingerprint density at radius 1 is 0.930 bits per heavy atom. The fourth-order valence-corrected chi connectivity index (χ4v) is 6.95. The van der Waals surface area contributed by atoms with Gasteiger partial charge < -0.3 is 10.2 Å². The Balaban J connectivity index is 1.60. The Bertz CT molecular complexity index is 1480. The molecule has 1 saturated carbocycles. The van der Waals surface area contributed by atoms with Gasteiger partial charge in [-0.1, -0.05) is 97.6 Å². The van der Waals surface area contributed by atoms with Crippen LogP contribution in [-0.4, -0.2) is 50.0 Å². The topological polar surface area (TPSA) is 86.8 Å². The molecule has 43 heavy (non-hydrogen) atoms. The second-order valence-electron chi connectivity index (χ2n) is 11.4. The molecular weight excluding hydrogens is 582 g/mol. The van der Waals surface area contributed by atoms with Crippen molar-refractivity contribution in [2.75, 3.05) is 17.1 Å². The van der Waals surface area contributed by atoms with Crippen LogP contribution in [0.2, 0.25) is 5.02 Å². The summed E-state index contributed by atoms with van der Waals surface area (Å²) in [6.45, 7) is 2.18. The lowest BCUT2D eigenvalue weighted by Crippen LogP contribution is -2.53. The van der Waals surface area contributed by atoms with E-state index in [9.17, 15) is 18.0 Å². The minimum absolute atomic E-state index is 0.0738. The Hall–Kier alpha value is -3.36. The molecule has 1 fully saturated rings. The fourth-order valence-electron chi connectivity index (χ4n) is 5.73. The van der Waals surface area contributed by atoms with Crippen LogP contribution in [0.5, 0.6) is 0 Å². The molecule has 3 aromatic rings. The van der Waals surface area contributed by atoms with E-state index in [-0.39, 0.29) is 37.4 Å². The number of nitrogens with one attached hydrogen (secondary N) is 1. The van der Waals surface area contributed by atoms with E-state index >= 15 is 0 Å². The van der Waals surface area contributed by atoms with Gasteiger partial charge in [-0.25, -0.2) is 8.42 Å². The van der Waals surface area contributed by atoms with Crippen LogP contribution in [0.15, 0.2) is 78.9 Å². The van der Waals surface area contributed by atoms with Crippen molar-refractivity contribution in [2.45, 2.75) is 76.9 Å². The standard InChI is InChI=1S/C34H42ClN3O4S/c1-26-14-9-12-21-31(26)38(43(2,41)42)23-13-22-33(39)37(25-28-17-10-11-20-30(28)35)32(24-27-15-5-3-6-16-27)34(40)36-29-18-7-4-8-19-29/h3,5-6,9-12,14-17,20-21,29,32H,4,7-8,13,18-19,22-25H2,1-2H3,(H,36,40). The first-order chi connectivity index (χ1) is 20.6. The van der Waals surface area contributed by atoms with E-state index in [1.165, 1.54) is 17.0 Å². The lowest BCUT2D eigenvalue weighted by molar-refractivity contribution is -0.141. The molecule has 0 aromatic heterocycles. The number of carbonyl (C=O) groups excluding carboxylic acids is 2. The number of benzene rings is 3. The van der Waals surface area contributed by atoms with Crippen LogP contribution in [-0.2, 0) is 32.6 Å². The Morgan fingerprint density at radius 2 is 1.58 bits per heavy atom. The highest BCUT2D eigenvalue weighted by atomic mass is 35.5. The summed E-state index contributed by atoms with van der Waals surface area (Å²) in [7, 11) is -3.57. The molecule has 1 aliphatic rings. The van der Waals surface area contributed by atoms with E-state index in [0.717, 1.165) is 42.4 Å². The minimum atomic E-state index is -3.57. The molecule has 0 spiro atoms. The normalized spacial score (nSPS) is 14.6. The van der Waals surface area contributed by atoms with Crippen molar-refractivity contribution in [3.63, 3.8) is 0 Å². The molecule has 0 radical (unpaired) electrons. The monoisotopic (exact) mass is 623 g/mol. The van der Waals surface area contributed by atoms with Gasteiger partial charge in [0.1, 0.15) is 6.04 Å². The number of halogens is 1. The first-order valence-corrected chi connectivity index (χ1v) is 17.3. The van der Waals surface area contributed by atoms with E-state index in [1.807, 2.05) is 67.6 Å². The van der Waals surface area contributed by atoms with E-state index in [1.54, 1.807) is 23.1 Å². The number of carbonyl (C=O) groups is 2. The molecule has 0 heterocycles. The maximum absolute atomic E-state index is 14.1. The van der Waals surface area contributed by atoms with Crippen molar-refractivity contribution < 1.29 is 18.0 Å². The van der Waals surface area contributed by atoms with E-state index in [2.05, 4.69) is 5.32 Å². The molecule has 230 valence electrons. The number of para-hydroxylation sites is 1. The lowest BCUT2D eigenvalue weighted by atomic mass is 9.94. The maximum Gasteiger partial charge on any atom is 0.243 e. The summed E-state index contributed by atoms with van der Waals surface area (Å²) in [5, 5.41) is 3.77. The van der Waals surface area contributed by atoms with Crippen molar-refractivity contribution in [3.05, 3.63) is 101 Å². The Morgan fingerprint density at radius 3 is 2.26 bits per heavy atom. The zero-order chi connectivity index (χ0) is 30.8. The SMILES string of the molecule is Cc1ccccc1N(CCCC(=O)N(Cc1ccccc1Cl)C(Cc1ccccc1)C(=O)NC1CCCCC1)S(C)(=O)=O. The van der Waals surface area contributed by atoms with Crippen LogP contribution >= 0.6 is 11.6 Å². The van der Waals surface area contributed by atoms with Crippen LogP contribution < -0.4 is 9.62 Å². The minimum Gasteiger partial charge on any atom is -0.352 e. The quantitative estimate of drug-likeness (QED) is 0.243. The zero-order valence-electron chi connectivity index (χ0n) is 25.0. The largest absolute Gasteiger partial charge is 0.352 e. The van der Waals surface area contributed by atoms with E-state index in [0.29, 0.717) is 23.6 Å². The predicted molar refractivity (Wildman–Crippen MR) is 174 cm³/mol. The third-order valence-electron chi connectivity index (χ3n) is 8.06. The maximum atomic E-state index is 14.1. The van der Waals surface area contributed by atoms with Crippen molar-refractivity contribution in [1.82, 2.24) is 10.2 Å². The summed E-state index contributed by atoms with van der Waals surface area (Å²) in [5.74, 6) is -0.397. The summed E-state index contributed by atoms with van der Waals surface area (Å²) < 4.78 is 26.8. The number of aryl methyl sites for hydroxylation is 1. The fraction of sp³-hybridized carbons (Fsp3) is 0.412. The van der Waals surface area contributed by atoms with Gasteiger partial charge in [0, 0.05) is 37.0 Å². The van der Waals surface area contributed by atoms with Gasteiger partial charge in [-0.15, -0.1) is 0 Å². The van der Waals surface area contributed by atoms with Gasteiger partial charge in [0.2, 0.25) is 21.8 Å². The van der Waals surface area contributed by atoms with E-state index < -0.39 is 16.1 Å². The van der Waals surface area contributed by atoms with E-state index in [4.69, 9.17) is 11.6 Å². The number of anilines is 1. The molecule has 0 bridgehead atoms. The average Bonchev–Trinajstić information content (AvgIpc) is 2.99. The molecule has 4 rings (SSSR count). The van der Waals surface area contributed by atoms with Crippen molar-refractivity contribution in [1.29, 1.82) is 0 Å². The molecule has 1 unspecified atom stereocenters. The number of rotatable bonds is 13. The van der Waals surface area contributed by atoms with Gasteiger partial charge >= 0.3 is 0 Å². The molecule has 1 N–H and O–H groups in total. The Kier molecular flexibility index (Phi) is 11.7. The van der Waals surface area contributed by atoms with Crippen LogP contribution in [0.3, 0.4) is 0 Å². The smallest absolute Gasteiger partial charge is 0.243 e. The number of hydrogen-bond donors (Lipinski definition) is 1. The average molecular weight is 624 g/mol. The molecule has 0 saturated heterocycles. The summed E-state index contributed by atoms with van der Waals surface area (Å²) in [4.78, 5) is 29.6. The second kappa shape index (κ2) is 15.4. The molecule has 1 atom stereocenters. The molecular formula is C34H42ClN3O4S. The zero-order valence-corrected chi connectivity index (χ0v) is 26.6. The molecule has 0 aliphatic heterocycles. The van der Waals surface area contributed by atoms with Crippen molar-refractivity contribution in [3.8, 4) is 0 Å².